The third-order valence-corrected chi connectivity index (χ3v) is 5.03. The van der Waals surface area contributed by atoms with Crippen molar-refractivity contribution in [3.05, 3.63) is 0 Å². The van der Waals surface area contributed by atoms with Crippen molar-refractivity contribution in [2.24, 2.45) is 5.73 Å². The van der Waals surface area contributed by atoms with Gasteiger partial charge in [-0.3, -0.25) is 0 Å². The molecule has 1 rings (SSSR count). The standard InChI is InChI=1S/C12H27N3O2S/c1-12(2,3)14-18(16,17)15(10-6-9-13)11-7-4-5-8-11/h11,14H,4-10,13H2,1-3H3. The van der Waals surface area contributed by atoms with Crippen molar-refractivity contribution in [2.75, 3.05) is 13.1 Å². The first kappa shape index (κ1) is 15.9. The van der Waals surface area contributed by atoms with Crippen LogP contribution in [0.4, 0.5) is 0 Å². The van der Waals surface area contributed by atoms with E-state index >= 15 is 0 Å². The average molecular weight is 277 g/mol. The van der Waals surface area contributed by atoms with Crippen molar-refractivity contribution in [3.8, 4) is 0 Å². The monoisotopic (exact) mass is 277 g/mol. The number of hydrogen-bond acceptors (Lipinski definition) is 3. The Kier molecular flexibility index (Phi) is 5.58. The normalized spacial score (nSPS) is 18.7. The Hall–Kier alpha value is -0.170. The molecule has 0 radical (unpaired) electrons. The predicted molar refractivity (Wildman–Crippen MR) is 74.4 cm³/mol. The summed E-state index contributed by atoms with van der Waals surface area (Å²) in [6.07, 6.45) is 4.89. The van der Waals surface area contributed by atoms with Crippen molar-refractivity contribution in [3.63, 3.8) is 0 Å². The summed E-state index contributed by atoms with van der Waals surface area (Å²) >= 11 is 0. The Morgan fingerprint density at radius 2 is 1.83 bits per heavy atom. The van der Waals surface area contributed by atoms with E-state index in [1.807, 2.05) is 20.8 Å². The molecule has 0 unspecified atom stereocenters. The van der Waals surface area contributed by atoms with Crippen LogP contribution in [-0.2, 0) is 10.2 Å². The van der Waals surface area contributed by atoms with Gasteiger partial charge >= 0.3 is 0 Å². The molecular formula is C12H27N3O2S. The molecule has 1 saturated carbocycles. The molecule has 108 valence electrons. The summed E-state index contributed by atoms with van der Waals surface area (Å²) in [5, 5.41) is 0. The van der Waals surface area contributed by atoms with Crippen LogP contribution in [0.25, 0.3) is 0 Å². The van der Waals surface area contributed by atoms with Crippen molar-refractivity contribution in [1.82, 2.24) is 9.03 Å². The third kappa shape index (κ3) is 4.84. The lowest BCUT2D eigenvalue weighted by Crippen LogP contribution is -2.52. The Labute approximate surface area is 111 Å². The minimum absolute atomic E-state index is 0.149. The van der Waals surface area contributed by atoms with Gasteiger partial charge in [-0.1, -0.05) is 12.8 Å². The topological polar surface area (TPSA) is 75.4 Å². The summed E-state index contributed by atoms with van der Waals surface area (Å²) in [5.41, 5.74) is 5.06. The van der Waals surface area contributed by atoms with Crippen molar-refractivity contribution < 1.29 is 8.42 Å². The molecular weight excluding hydrogens is 250 g/mol. The van der Waals surface area contributed by atoms with Crippen molar-refractivity contribution in [1.29, 1.82) is 0 Å². The Morgan fingerprint density at radius 3 is 2.28 bits per heavy atom. The highest BCUT2D eigenvalue weighted by Crippen LogP contribution is 2.26. The first-order valence-electron chi connectivity index (χ1n) is 6.77. The SMILES string of the molecule is CC(C)(C)NS(=O)(=O)N(CCCN)C1CCCC1. The minimum Gasteiger partial charge on any atom is -0.330 e. The highest BCUT2D eigenvalue weighted by Gasteiger charge is 2.33. The fourth-order valence-electron chi connectivity index (χ4n) is 2.38. The van der Waals surface area contributed by atoms with E-state index in [2.05, 4.69) is 4.72 Å². The summed E-state index contributed by atoms with van der Waals surface area (Å²) in [6, 6.07) is 0.149. The number of nitrogens with one attached hydrogen (secondary N) is 1. The van der Waals surface area contributed by atoms with E-state index in [1.54, 1.807) is 4.31 Å². The van der Waals surface area contributed by atoms with Gasteiger partial charge in [0.25, 0.3) is 10.2 Å². The molecule has 0 aromatic heterocycles. The van der Waals surface area contributed by atoms with E-state index in [9.17, 15) is 8.42 Å². The van der Waals surface area contributed by atoms with Gasteiger partial charge in [0.2, 0.25) is 0 Å². The summed E-state index contributed by atoms with van der Waals surface area (Å²) in [7, 11) is -3.41. The molecule has 5 nitrogen and oxygen atoms in total. The van der Waals surface area contributed by atoms with E-state index in [4.69, 9.17) is 5.73 Å². The average Bonchev–Trinajstić information content (AvgIpc) is 2.67. The van der Waals surface area contributed by atoms with Crippen molar-refractivity contribution >= 4 is 10.2 Å². The second kappa shape index (κ2) is 6.32. The van der Waals surface area contributed by atoms with Gasteiger partial charge in [-0.15, -0.1) is 0 Å². The van der Waals surface area contributed by atoms with Crippen LogP contribution in [0.15, 0.2) is 0 Å². The van der Waals surface area contributed by atoms with Gasteiger partial charge in [0, 0.05) is 18.1 Å². The largest absolute Gasteiger partial charge is 0.330 e. The molecule has 0 saturated heterocycles. The van der Waals surface area contributed by atoms with Gasteiger partial charge in [0.05, 0.1) is 0 Å². The number of nitrogens with zero attached hydrogens (tertiary/aromatic N) is 1. The first-order valence-corrected chi connectivity index (χ1v) is 8.21. The Morgan fingerprint density at radius 1 is 1.28 bits per heavy atom. The molecule has 6 heteroatoms. The Balaban J connectivity index is 2.80. The molecule has 0 aromatic carbocycles. The van der Waals surface area contributed by atoms with Gasteiger partial charge in [-0.25, -0.2) is 0 Å². The Bertz CT molecular complexity index is 343. The summed E-state index contributed by atoms with van der Waals surface area (Å²) in [6.45, 7) is 6.63. The highest BCUT2D eigenvalue weighted by atomic mass is 32.2. The van der Waals surface area contributed by atoms with Crippen LogP contribution in [-0.4, -0.2) is 37.4 Å². The van der Waals surface area contributed by atoms with Crippen LogP contribution in [0, 0.1) is 0 Å². The number of rotatable bonds is 6. The zero-order valence-electron chi connectivity index (χ0n) is 11.8. The lowest BCUT2D eigenvalue weighted by atomic mass is 10.1. The van der Waals surface area contributed by atoms with Crippen LogP contribution in [0.1, 0.15) is 52.9 Å². The quantitative estimate of drug-likeness (QED) is 0.766. The van der Waals surface area contributed by atoms with E-state index in [1.165, 1.54) is 0 Å². The minimum atomic E-state index is -3.41. The summed E-state index contributed by atoms with van der Waals surface area (Å²) in [4.78, 5) is 0. The second-order valence-corrected chi connectivity index (χ2v) is 7.67. The lowest BCUT2D eigenvalue weighted by molar-refractivity contribution is 0.308. The van der Waals surface area contributed by atoms with Gasteiger partial charge in [-0.2, -0.15) is 17.4 Å². The van der Waals surface area contributed by atoms with Gasteiger partial charge < -0.3 is 5.73 Å². The lowest BCUT2D eigenvalue weighted by Gasteiger charge is -2.31. The molecule has 0 amide bonds. The fraction of sp³-hybridized carbons (Fsp3) is 1.00. The molecule has 0 spiro atoms. The molecule has 1 fully saturated rings. The molecule has 0 atom stereocenters. The first-order chi connectivity index (χ1) is 8.26. The molecule has 1 aliphatic rings. The molecule has 0 bridgehead atoms. The van der Waals surface area contributed by atoms with Gasteiger partial charge in [0.1, 0.15) is 0 Å². The van der Waals surface area contributed by atoms with E-state index < -0.39 is 15.7 Å². The summed E-state index contributed by atoms with van der Waals surface area (Å²) < 4.78 is 29.2. The van der Waals surface area contributed by atoms with Gasteiger partial charge in [-0.05, 0) is 46.6 Å². The molecule has 3 N–H and O–H groups in total. The van der Waals surface area contributed by atoms with Crippen molar-refractivity contribution in [2.45, 2.75) is 64.5 Å². The molecule has 0 aliphatic heterocycles. The van der Waals surface area contributed by atoms with Crippen LogP contribution < -0.4 is 10.5 Å². The number of hydrogen-bond donors (Lipinski definition) is 2. The summed E-state index contributed by atoms with van der Waals surface area (Å²) in [5.74, 6) is 0. The maximum absolute atomic E-state index is 12.4. The van der Waals surface area contributed by atoms with E-state index in [-0.39, 0.29) is 6.04 Å². The second-order valence-electron chi connectivity index (χ2n) is 6.05. The third-order valence-electron chi connectivity index (χ3n) is 3.06. The van der Waals surface area contributed by atoms with E-state index in [0.29, 0.717) is 19.5 Å². The maximum Gasteiger partial charge on any atom is 0.280 e. The molecule has 1 aliphatic carbocycles. The van der Waals surface area contributed by atoms with Gasteiger partial charge in [0.15, 0.2) is 0 Å². The van der Waals surface area contributed by atoms with Crippen LogP contribution in [0.5, 0.6) is 0 Å². The maximum atomic E-state index is 12.4. The molecule has 0 heterocycles. The predicted octanol–water partition coefficient (Wildman–Crippen LogP) is 1.21. The zero-order valence-corrected chi connectivity index (χ0v) is 12.6. The highest BCUT2D eigenvalue weighted by molar-refractivity contribution is 7.87. The smallest absolute Gasteiger partial charge is 0.280 e. The fourth-order valence-corrected chi connectivity index (χ4v) is 4.25. The number of nitrogens with two attached hydrogens (primary N) is 1. The van der Waals surface area contributed by atoms with Crippen LogP contribution in [0.2, 0.25) is 0 Å². The zero-order chi connectivity index (χ0) is 13.8. The van der Waals surface area contributed by atoms with Crippen LogP contribution in [0.3, 0.4) is 0 Å². The van der Waals surface area contributed by atoms with E-state index in [0.717, 1.165) is 25.7 Å². The van der Waals surface area contributed by atoms with Crippen LogP contribution >= 0.6 is 0 Å². The molecule has 18 heavy (non-hydrogen) atoms. The molecule has 0 aromatic rings.